The smallest absolute Gasteiger partial charge is 0.336 e. The molecular weight excluding hydrogens is 214 g/mol. The summed E-state index contributed by atoms with van der Waals surface area (Å²) in [6.07, 6.45) is -3.10. The topological polar surface area (TPSA) is 85.2 Å². The first-order valence-corrected chi connectivity index (χ1v) is 3.71. The lowest BCUT2D eigenvalue weighted by Crippen LogP contribution is -2.12. The molecule has 1 aromatic rings. The number of alkyl halides is 2. The van der Waals surface area contributed by atoms with E-state index < -0.39 is 34.0 Å². The zero-order valence-electron chi connectivity index (χ0n) is 7.49. The third-order valence-electron chi connectivity index (χ3n) is 1.65. The quantitative estimate of drug-likeness (QED) is 0.613. The number of nitro groups is 1. The minimum atomic E-state index is -3.10. The molecule has 6 nitrogen and oxygen atoms in total. The van der Waals surface area contributed by atoms with Crippen molar-refractivity contribution < 1.29 is 18.4 Å². The van der Waals surface area contributed by atoms with E-state index in [2.05, 4.69) is 4.74 Å². The second-order valence-electron chi connectivity index (χ2n) is 2.52. The molecule has 1 N–H and O–H groups in total. The van der Waals surface area contributed by atoms with Crippen molar-refractivity contribution >= 4 is 5.82 Å². The Balaban J connectivity index is 3.54. The van der Waals surface area contributed by atoms with Gasteiger partial charge in [0.1, 0.15) is 5.75 Å². The lowest BCUT2D eigenvalue weighted by atomic mass is 10.2. The summed E-state index contributed by atoms with van der Waals surface area (Å²) in [4.78, 5) is 21.9. The van der Waals surface area contributed by atoms with Crippen LogP contribution in [0.1, 0.15) is 12.0 Å². The molecule has 0 aliphatic heterocycles. The highest BCUT2D eigenvalue weighted by atomic mass is 19.3. The molecule has 0 aliphatic carbocycles. The van der Waals surface area contributed by atoms with E-state index in [1.165, 1.54) is 0 Å². The molecule has 0 spiro atoms. The number of rotatable bonds is 3. The Hall–Kier alpha value is -1.99. The first-order chi connectivity index (χ1) is 6.97. The molecule has 0 aliphatic rings. The Morgan fingerprint density at radius 2 is 2.20 bits per heavy atom. The lowest BCUT2D eigenvalue weighted by Gasteiger charge is -2.07. The number of ether oxygens (including phenoxy) is 1. The van der Waals surface area contributed by atoms with E-state index in [0.717, 1.165) is 13.2 Å². The Kier molecular flexibility index (Phi) is 2.98. The van der Waals surface area contributed by atoms with Crippen LogP contribution in [0.3, 0.4) is 0 Å². The van der Waals surface area contributed by atoms with Gasteiger partial charge in [0.2, 0.25) is 0 Å². The van der Waals surface area contributed by atoms with E-state index in [-0.39, 0.29) is 0 Å². The molecule has 0 atom stereocenters. The normalized spacial score (nSPS) is 10.4. The van der Waals surface area contributed by atoms with Crippen molar-refractivity contribution in [2.45, 2.75) is 6.43 Å². The van der Waals surface area contributed by atoms with E-state index >= 15 is 0 Å². The highest BCUT2D eigenvalue weighted by Crippen LogP contribution is 2.33. The van der Waals surface area contributed by atoms with Crippen LogP contribution >= 0.6 is 0 Å². The van der Waals surface area contributed by atoms with Gasteiger partial charge in [0.05, 0.1) is 13.2 Å². The molecule has 0 saturated heterocycles. The summed E-state index contributed by atoms with van der Waals surface area (Å²) in [5.74, 6) is -1.55. The molecule has 0 saturated carbocycles. The fourth-order valence-electron chi connectivity index (χ4n) is 1.06. The van der Waals surface area contributed by atoms with Gasteiger partial charge in [0.25, 0.3) is 6.43 Å². The maximum Gasteiger partial charge on any atom is 0.336 e. The number of aromatic amines is 1. The number of hydrogen-bond acceptors (Lipinski definition) is 4. The fourth-order valence-corrected chi connectivity index (χ4v) is 1.06. The molecule has 0 aromatic carbocycles. The average Bonchev–Trinajstić information content (AvgIpc) is 2.15. The molecule has 0 radical (unpaired) electrons. The van der Waals surface area contributed by atoms with Crippen LogP contribution in [-0.2, 0) is 0 Å². The van der Waals surface area contributed by atoms with Crippen LogP contribution in [-0.4, -0.2) is 17.0 Å². The summed E-state index contributed by atoms with van der Waals surface area (Å²) in [5, 5.41) is 10.4. The van der Waals surface area contributed by atoms with Gasteiger partial charge in [-0.25, -0.2) is 18.6 Å². The minimum absolute atomic E-state index is 0.500. The molecule has 1 rings (SSSR count). The van der Waals surface area contributed by atoms with Crippen LogP contribution in [0.2, 0.25) is 0 Å². The average molecular weight is 220 g/mol. The highest BCUT2D eigenvalue weighted by molar-refractivity contribution is 5.44. The van der Waals surface area contributed by atoms with Gasteiger partial charge >= 0.3 is 11.4 Å². The van der Waals surface area contributed by atoms with Gasteiger partial charge < -0.3 is 14.9 Å². The van der Waals surface area contributed by atoms with Gasteiger partial charge in [-0.15, -0.1) is 0 Å². The van der Waals surface area contributed by atoms with Crippen molar-refractivity contribution in [2.24, 2.45) is 0 Å². The maximum atomic E-state index is 12.5. The van der Waals surface area contributed by atoms with Crippen molar-refractivity contribution in [3.63, 3.8) is 0 Å². The predicted octanol–water partition coefficient (Wildman–Crippen LogP) is 1.23. The van der Waals surface area contributed by atoms with Crippen LogP contribution in [0.5, 0.6) is 5.75 Å². The third-order valence-corrected chi connectivity index (χ3v) is 1.65. The predicted molar refractivity (Wildman–Crippen MR) is 45.2 cm³/mol. The molecule has 1 heterocycles. The van der Waals surface area contributed by atoms with Gasteiger partial charge in [0.15, 0.2) is 5.56 Å². The molecule has 0 unspecified atom stereocenters. The Morgan fingerprint density at radius 1 is 1.60 bits per heavy atom. The van der Waals surface area contributed by atoms with Gasteiger partial charge in [-0.05, 0) is 4.92 Å². The molecule has 1 aromatic heterocycles. The van der Waals surface area contributed by atoms with Gasteiger partial charge in [0, 0.05) is 0 Å². The van der Waals surface area contributed by atoms with E-state index in [1.54, 1.807) is 4.98 Å². The Morgan fingerprint density at radius 3 is 2.60 bits per heavy atom. The molecule has 15 heavy (non-hydrogen) atoms. The molecule has 0 fully saturated rings. The summed E-state index contributed by atoms with van der Waals surface area (Å²) < 4.78 is 29.4. The van der Waals surface area contributed by atoms with Gasteiger partial charge in [-0.1, -0.05) is 0 Å². The molecular formula is C7H6F2N2O4. The number of H-pyrrole nitrogens is 1. The number of nitrogens with one attached hydrogen (secondary N) is 1. The van der Waals surface area contributed by atoms with Crippen LogP contribution < -0.4 is 10.3 Å². The second-order valence-corrected chi connectivity index (χ2v) is 2.52. The molecule has 82 valence electrons. The standard InChI is InChI=1S/C7H6F2N2O4/c1-15-3-2-4(12)10-7(11(13)14)5(3)6(8)9/h2,6H,1H3,(H,10,12). The maximum absolute atomic E-state index is 12.5. The monoisotopic (exact) mass is 220 g/mol. The number of pyridine rings is 1. The number of hydrogen-bond donors (Lipinski definition) is 1. The summed E-state index contributed by atoms with van der Waals surface area (Å²) in [7, 11) is 1.05. The first kappa shape index (κ1) is 11.1. The Bertz CT molecular complexity index is 443. The van der Waals surface area contributed by atoms with E-state index in [4.69, 9.17) is 0 Å². The largest absolute Gasteiger partial charge is 0.496 e. The van der Waals surface area contributed by atoms with Gasteiger partial charge in [-0.2, -0.15) is 0 Å². The SMILES string of the molecule is COc1cc(=O)[nH]c([N+](=O)[O-])c1C(F)F. The number of halogens is 2. The van der Waals surface area contributed by atoms with Crippen molar-refractivity contribution in [1.29, 1.82) is 0 Å². The van der Waals surface area contributed by atoms with E-state index in [0.29, 0.717) is 0 Å². The van der Waals surface area contributed by atoms with Crippen LogP contribution in [0.25, 0.3) is 0 Å². The molecule has 0 bridgehead atoms. The van der Waals surface area contributed by atoms with Crippen molar-refractivity contribution in [3.8, 4) is 5.75 Å². The zero-order valence-corrected chi connectivity index (χ0v) is 7.49. The van der Waals surface area contributed by atoms with Crippen LogP contribution in [0.4, 0.5) is 14.6 Å². The molecule has 8 heteroatoms. The lowest BCUT2D eigenvalue weighted by molar-refractivity contribution is -0.391. The van der Waals surface area contributed by atoms with E-state index in [9.17, 15) is 23.7 Å². The number of methoxy groups -OCH3 is 1. The van der Waals surface area contributed by atoms with Crippen molar-refractivity contribution in [1.82, 2.24) is 4.98 Å². The second kappa shape index (κ2) is 4.03. The first-order valence-electron chi connectivity index (χ1n) is 3.71. The highest BCUT2D eigenvalue weighted by Gasteiger charge is 2.27. The number of nitrogens with zero attached hydrogens (tertiary/aromatic N) is 1. The van der Waals surface area contributed by atoms with Crippen molar-refractivity contribution in [2.75, 3.05) is 7.11 Å². The summed E-state index contributed by atoms with van der Waals surface area (Å²) >= 11 is 0. The van der Waals surface area contributed by atoms with Crippen LogP contribution in [0, 0.1) is 10.1 Å². The summed E-state index contributed by atoms with van der Waals surface area (Å²) in [6.45, 7) is 0. The van der Waals surface area contributed by atoms with Crippen LogP contribution in [0.15, 0.2) is 10.9 Å². The zero-order chi connectivity index (χ0) is 11.6. The minimum Gasteiger partial charge on any atom is -0.496 e. The van der Waals surface area contributed by atoms with E-state index in [1.807, 2.05) is 0 Å². The summed E-state index contributed by atoms with van der Waals surface area (Å²) in [6, 6.07) is 0.731. The van der Waals surface area contributed by atoms with Gasteiger partial charge in [-0.3, -0.25) is 0 Å². The fraction of sp³-hybridized carbons (Fsp3) is 0.286. The van der Waals surface area contributed by atoms with Crippen molar-refractivity contribution in [3.05, 3.63) is 32.1 Å². The molecule has 0 amide bonds. The Labute approximate surface area is 81.6 Å². The summed E-state index contributed by atoms with van der Waals surface area (Å²) in [5.41, 5.74) is -1.80. The third kappa shape index (κ3) is 2.09. The number of aromatic nitrogens is 1.